The molecule has 2 aromatic rings. The second-order valence-corrected chi connectivity index (χ2v) is 8.55. The Labute approximate surface area is 154 Å². The molecule has 0 saturated heterocycles. The first-order chi connectivity index (χ1) is 11.8. The van der Waals surface area contributed by atoms with Crippen molar-refractivity contribution in [1.29, 1.82) is 0 Å². The van der Waals surface area contributed by atoms with Crippen LogP contribution in [-0.4, -0.2) is 0 Å². The highest BCUT2D eigenvalue weighted by atomic mass is 14.9. The van der Waals surface area contributed by atoms with Crippen LogP contribution in [0.5, 0.6) is 0 Å². The largest absolute Gasteiger partial charge is 0.356 e. The normalized spacial score (nSPS) is 12.2. The molecule has 1 nitrogen and oxygen atoms in total. The zero-order valence-electron chi connectivity index (χ0n) is 16.9. The lowest BCUT2D eigenvalue weighted by atomic mass is 9.80. The molecule has 2 rings (SSSR count). The van der Waals surface area contributed by atoms with E-state index in [1.807, 2.05) is 0 Å². The fraction of sp³-hybridized carbons (Fsp3) is 0.500. The summed E-state index contributed by atoms with van der Waals surface area (Å²) in [5.41, 5.74) is 5.63. The summed E-state index contributed by atoms with van der Waals surface area (Å²) in [7, 11) is 0. The van der Waals surface area contributed by atoms with Gasteiger partial charge in [0.2, 0.25) is 0 Å². The van der Waals surface area contributed by atoms with E-state index >= 15 is 0 Å². The standard InChI is InChI=1S/C24H35N/c1-7-17-23(3,4)19-9-13-21(14-10-19)25-22-15-11-20(12-16-22)24(5,6)18-8-2/h9-16,25H,7-8,17-18H2,1-6H3. The zero-order chi connectivity index (χ0) is 18.5. The van der Waals surface area contributed by atoms with Gasteiger partial charge in [0.15, 0.2) is 0 Å². The van der Waals surface area contributed by atoms with E-state index in [1.54, 1.807) is 0 Å². The summed E-state index contributed by atoms with van der Waals surface area (Å²) in [5.74, 6) is 0. The van der Waals surface area contributed by atoms with Crippen LogP contribution in [0, 0.1) is 0 Å². The van der Waals surface area contributed by atoms with Gasteiger partial charge >= 0.3 is 0 Å². The van der Waals surface area contributed by atoms with Crippen LogP contribution in [-0.2, 0) is 10.8 Å². The van der Waals surface area contributed by atoms with Crippen LogP contribution in [0.25, 0.3) is 0 Å². The van der Waals surface area contributed by atoms with Crippen LogP contribution in [0.1, 0.15) is 78.4 Å². The van der Waals surface area contributed by atoms with Gasteiger partial charge in [0, 0.05) is 11.4 Å². The van der Waals surface area contributed by atoms with E-state index in [0.29, 0.717) is 0 Å². The molecule has 0 amide bonds. The Morgan fingerprint density at radius 1 is 0.600 bits per heavy atom. The topological polar surface area (TPSA) is 12.0 Å². The van der Waals surface area contributed by atoms with Crippen LogP contribution < -0.4 is 5.32 Å². The van der Waals surface area contributed by atoms with Crippen molar-refractivity contribution in [3.05, 3.63) is 59.7 Å². The van der Waals surface area contributed by atoms with Gasteiger partial charge in [0.25, 0.3) is 0 Å². The first kappa shape index (κ1) is 19.6. The minimum absolute atomic E-state index is 0.250. The summed E-state index contributed by atoms with van der Waals surface area (Å²) in [6.07, 6.45) is 4.87. The molecule has 0 fully saturated rings. The molecule has 0 saturated carbocycles. The smallest absolute Gasteiger partial charge is 0.0384 e. The third kappa shape index (κ3) is 5.11. The van der Waals surface area contributed by atoms with Crippen LogP contribution in [0.2, 0.25) is 0 Å². The highest BCUT2D eigenvalue weighted by Crippen LogP contribution is 2.31. The van der Waals surface area contributed by atoms with E-state index in [0.717, 1.165) is 11.4 Å². The van der Waals surface area contributed by atoms with Crippen LogP contribution in [0.3, 0.4) is 0 Å². The van der Waals surface area contributed by atoms with Crippen LogP contribution in [0.4, 0.5) is 11.4 Å². The first-order valence-corrected chi connectivity index (χ1v) is 9.76. The molecule has 1 heteroatoms. The average Bonchev–Trinajstić information content (AvgIpc) is 2.56. The minimum Gasteiger partial charge on any atom is -0.356 e. The van der Waals surface area contributed by atoms with Gasteiger partial charge in [-0.15, -0.1) is 0 Å². The van der Waals surface area contributed by atoms with Gasteiger partial charge in [-0.25, -0.2) is 0 Å². The van der Waals surface area contributed by atoms with Crippen molar-refractivity contribution < 1.29 is 0 Å². The van der Waals surface area contributed by atoms with Gasteiger partial charge in [-0.3, -0.25) is 0 Å². The van der Waals surface area contributed by atoms with Gasteiger partial charge in [-0.1, -0.05) is 78.6 Å². The molecule has 0 spiro atoms. The lowest BCUT2D eigenvalue weighted by Gasteiger charge is -2.25. The van der Waals surface area contributed by atoms with Crippen molar-refractivity contribution >= 4 is 11.4 Å². The Morgan fingerprint density at radius 3 is 1.20 bits per heavy atom. The maximum Gasteiger partial charge on any atom is 0.0384 e. The molecule has 0 bridgehead atoms. The Hall–Kier alpha value is -1.76. The molecule has 0 atom stereocenters. The molecule has 136 valence electrons. The highest BCUT2D eigenvalue weighted by Gasteiger charge is 2.20. The Balaban J connectivity index is 2.07. The molecule has 0 aromatic heterocycles. The highest BCUT2D eigenvalue weighted by molar-refractivity contribution is 5.60. The first-order valence-electron chi connectivity index (χ1n) is 9.76. The SMILES string of the molecule is CCCC(C)(C)c1ccc(Nc2ccc(C(C)(C)CCC)cc2)cc1. The van der Waals surface area contributed by atoms with E-state index in [9.17, 15) is 0 Å². The fourth-order valence-electron chi connectivity index (χ4n) is 3.71. The molecule has 0 radical (unpaired) electrons. The molecule has 0 aliphatic heterocycles. The van der Waals surface area contributed by atoms with Crippen molar-refractivity contribution in [1.82, 2.24) is 0 Å². The van der Waals surface area contributed by atoms with E-state index < -0.39 is 0 Å². The fourth-order valence-corrected chi connectivity index (χ4v) is 3.71. The Morgan fingerprint density at radius 2 is 0.920 bits per heavy atom. The molecule has 0 aliphatic rings. The zero-order valence-corrected chi connectivity index (χ0v) is 16.9. The average molecular weight is 338 g/mol. The maximum atomic E-state index is 3.53. The number of nitrogens with one attached hydrogen (secondary N) is 1. The number of benzene rings is 2. The quantitative estimate of drug-likeness (QED) is 0.523. The molecule has 0 heterocycles. The molecule has 2 aromatic carbocycles. The summed E-state index contributed by atoms with van der Waals surface area (Å²) in [5, 5.41) is 3.53. The third-order valence-electron chi connectivity index (χ3n) is 5.37. The summed E-state index contributed by atoms with van der Waals surface area (Å²) in [6, 6.07) is 17.8. The van der Waals surface area contributed by atoms with Crippen LogP contribution in [0.15, 0.2) is 48.5 Å². The maximum absolute atomic E-state index is 3.53. The summed E-state index contributed by atoms with van der Waals surface area (Å²) < 4.78 is 0. The van der Waals surface area contributed by atoms with Crippen molar-refractivity contribution in [2.45, 2.75) is 78.1 Å². The van der Waals surface area contributed by atoms with Gasteiger partial charge < -0.3 is 5.32 Å². The summed E-state index contributed by atoms with van der Waals surface area (Å²) in [4.78, 5) is 0. The number of hydrogen-bond acceptors (Lipinski definition) is 1. The van der Waals surface area contributed by atoms with Gasteiger partial charge in [0.1, 0.15) is 0 Å². The molecule has 0 aliphatic carbocycles. The lowest BCUT2D eigenvalue weighted by Crippen LogP contribution is -2.16. The van der Waals surface area contributed by atoms with Crippen LogP contribution >= 0.6 is 0 Å². The summed E-state index contributed by atoms with van der Waals surface area (Å²) >= 11 is 0. The van der Waals surface area contributed by atoms with E-state index in [1.165, 1.54) is 36.8 Å². The number of rotatable bonds is 8. The van der Waals surface area contributed by atoms with Crippen molar-refractivity contribution in [2.75, 3.05) is 5.32 Å². The van der Waals surface area contributed by atoms with Gasteiger partial charge in [-0.05, 0) is 59.1 Å². The Kier molecular flexibility index (Phi) is 6.32. The molecule has 25 heavy (non-hydrogen) atoms. The Bertz CT molecular complexity index is 588. The van der Waals surface area contributed by atoms with Crippen molar-refractivity contribution in [2.24, 2.45) is 0 Å². The molecular formula is C24H35N. The summed E-state index contributed by atoms with van der Waals surface area (Å²) in [6.45, 7) is 13.8. The van der Waals surface area contributed by atoms with E-state index in [2.05, 4.69) is 95.4 Å². The van der Waals surface area contributed by atoms with E-state index in [-0.39, 0.29) is 10.8 Å². The molecule has 0 unspecified atom stereocenters. The molecular weight excluding hydrogens is 302 g/mol. The number of anilines is 2. The third-order valence-corrected chi connectivity index (χ3v) is 5.37. The predicted molar refractivity (Wildman–Crippen MR) is 112 cm³/mol. The second-order valence-electron chi connectivity index (χ2n) is 8.55. The van der Waals surface area contributed by atoms with Gasteiger partial charge in [0.05, 0.1) is 0 Å². The second kappa shape index (κ2) is 8.08. The lowest BCUT2D eigenvalue weighted by molar-refractivity contribution is 0.473. The van der Waals surface area contributed by atoms with Crippen molar-refractivity contribution in [3.63, 3.8) is 0 Å². The molecule has 1 N–H and O–H groups in total. The number of hydrogen-bond donors (Lipinski definition) is 1. The van der Waals surface area contributed by atoms with Crippen molar-refractivity contribution in [3.8, 4) is 0 Å². The minimum atomic E-state index is 0.250. The van der Waals surface area contributed by atoms with E-state index in [4.69, 9.17) is 0 Å². The monoisotopic (exact) mass is 337 g/mol. The van der Waals surface area contributed by atoms with Gasteiger partial charge in [-0.2, -0.15) is 0 Å². The predicted octanol–water partition coefficient (Wildman–Crippen LogP) is 7.59.